The molecule has 0 aromatic carbocycles. The molecule has 2 atom stereocenters. The Bertz CT molecular complexity index is 1090. The van der Waals surface area contributed by atoms with Crippen molar-refractivity contribution in [2.24, 2.45) is 5.92 Å². The van der Waals surface area contributed by atoms with Crippen LogP contribution >= 0.6 is 11.6 Å². The number of carbonyl (C=O) groups excluding carboxylic acids is 1. The molecule has 5 rings (SSSR count). The highest BCUT2D eigenvalue weighted by molar-refractivity contribution is 6.34. The van der Waals surface area contributed by atoms with Gasteiger partial charge in [-0.05, 0) is 25.1 Å². The van der Waals surface area contributed by atoms with Gasteiger partial charge in [-0.2, -0.15) is 5.10 Å². The van der Waals surface area contributed by atoms with Crippen LogP contribution in [0.4, 0.5) is 5.69 Å². The Morgan fingerprint density at radius 3 is 2.81 bits per heavy atom. The van der Waals surface area contributed by atoms with Crippen LogP contribution in [-0.2, 0) is 4.79 Å². The second kappa shape index (κ2) is 8.36. The number of halogens is 1. The van der Waals surface area contributed by atoms with Gasteiger partial charge in [-0.25, -0.2) is 4.52 Å². The number of fused-ring (bicyclic) bond motifs is 1. The molecule has 0 bridgehead atoms. The second-order valence-electron chi connectivity index (χ2n) is 8.11. The topological polar surface area (TPSA) is 83.8 Å². The highest BCUT2D eigenvalue weighted by Gasteiger charge is 2.28. The van der Waals surface area contributed by atoms with Crippen molar-refractivity contribution in [1.29, 1.82) is 0 Å². The molecule has 9 heteroatoms. The smallest absolute Gasteiger partial charge is 0.220 e. The van der Waals surface area contributed by atoms with Gasteiger partial charge in [0.05, 0.1) is 28.8 Å². The first-order valence-corrected chi connectivity index (χ1v) is 11.0. The number of hydrogen-bond acceptors (Lipinski definition) is 6. The minimum Gasteiger partial charge on any atom is -0.488 e. The number of nitrogens with zero attached hydrogens (tertiary/aromatic N) is 4. The van der Waals surface area contributed by atoms with Gasteiger partial charge in [-0.1, -0.05) is 11.6 Å². The van der Waals surface area contributed by atoms with E-state index in [0.717, 1.165) is 43.1 Å². The number of hydrogen-bond donors (Lipinski definition) is 2. The normalized spacial score (nSPS) is 20.1. The number of anilines is 1. The number of pyridine rings is 2. The summed E-state index contributed by atoms with van der Waals surface area (Å²) in [5, 5.41) is 11.1. The highest BCUT2D eigenvalue weighted by atomic mass is 35.5. The molecule has 3 aromatic heterocycles. The maximum Gasteiger partial charge on any atom is 0.220 e. The van der Waals surface area contributed by atoms with Crippen molar-refractivity contribution < 1.29 is 9.53 Å². The summed E-state index contributed by atoms with van der Waals surface area (Å²) in [5.74, 6) is 0.824. The molecular formula is C22H25ClN6O2. The van der Waals surface area contributed by atoms with Gasteiger partial charge in [0.25, 0.3) is 0 Å². The van der Waals surface area contributed by atoms with E-state index in [1.54, 1.807) is 10.7 Å². The molecule has 2 aliphatic heterocycles. The van der Waals surface area contributed by atoms with Gasteiger partial charge >= 0.3 is 0 Å². The minimum absolute atomic E-state index is 0.0653. The number of rotatable bonds is 5. The Morgan fingerprint density at radius 1 is 1.26 bits per heavy atom. The van der Waals surface area contributed by atoms with Gasteiger partial charge in [0.2, 0.25) is 5.91 Å². The van der Waals surface area contributed by atoms with Crippen molar-refractivity contribution in [3.63, 3.8) is 0 Å². The van der Waals surface area contributed by atoms with Crippen molar-refractivity contribution in [1.82, 2.24) is 25.2 Å². The number of aromatic nitrogens is 3. The molecule has 0 spiro atoms. The summed E-state index contributed by atoms with van der Waals surface area (Å²) < 4.78 is 8.03. The summed E-state index contributed by atoms with van der Waals surface area (Å²) in [6.07, 6.45) is 5.76. The Kier molecular flexibility index (Phi) is 5.41. The zero-order valence-electron chi connectivity index (χ0n) is 17.3. The lowest BCUT2D eigenvalue weighted by atomic mass is 10.0. The average molecular weight is 441 g/mol. The molecule has 2 fully saturated rings. The zero-order chi connectivity index (χ0) is 21.4. The van der Waals surface area contributed by atoms with Crippen LogP contribution in [0.5, 0.6) is 5.75 Å². The van der Waals surface area contributed by atoms with E-state index in [4.69, 9.17) is 21.3 Å². The lowest BCUT2D eigenvalue weighted by molar-refractivity contribution is -0.119. The minimum atomic E-state index is -0.146. The maximum absolute atomic E-state index is 11.6. The third kappa shape index (κ3) is 4.05. The number of carbonyl (C=O) groups is 1. The molecule has 3 aromatic rings. The molecule has 0 aliphatic carbocycles. The van der Waals surface area contributed by atoms with E-state index in [1.165, 1.54) is 0 Å². The van der Waals surface area contributed by atoms with E-state index in [0.29, 0.717) is 29.3 Å². The van der Waals surface area contributed by atoms with Gasteiger partial charge < -0.3 is 20.3 Å². The number of amides is 1. The quantitative estimate of drug-likeness (QED) is 0.633. The van der Waals surface area contributed by atoms with Crippen LogP contribution in [0.2, 0.25) is 5.02 Å². The summed E-state index contributed by atoms with van der Waals surface area (Å²) in [7, 11) is 0. The van der Waals surface area contributed by atoms with Gasteiger partial charge in [-0.3, -0.25) is 9.78 Å². The molecule has 2 aliphatic rings. The molecule has 0 radical (unpaired) electrons. The van der Waals surface area contributed by atoms with E-state index >= 15 is 0 Å². The lowest BCUT2D eigenvalue weighted by Crippen LogP contribution is -2.43. The van der Waals surface area contributed by atoms with Gasteiger partial charge in [0.15, 0.2) is 0 Å². The molecule has 31 heavy (non-hydrogen) atoms. The molecule has 5 heterocycles. The van der Waals surface area contributed by atoms with Crippen molar-refractivity contribution in [2.75, 3.05) is 37.6 Å². The van der Waals surface area contributed by atoms with E-state index < -0.39 is 0 Å². The number of nitrogens with one attached hydrogen (secondary N) is 2. The molecule has 162 valence electrons. The summed E-state index contributed by atoms with van der Waals surface area (Å²) in [4.78, 5) is 18.6. The number of ether oxygens (including phenoxy) is 1. The van der Waals surface area contributed by atoms with Crippen LogP contribution in [0.15, 0.2) is 36.8 Å². The van der Waals surface area contributed by atoms with Crippen LogP contribution in [0.1, 0.15) is 13.3 Å². The van der Waals surface area contributed by atoms with Gasteiger partial charge in [0.1, 0.15) is 17.4 Å². The van der Waals surface area contributed by atoms with Crippen molar-refractivity contribution >= 4 is 28.7 Å². The standard InChI is InChI=1S/C22H25ClN6O2/c1-14(15-9-21(30)26-10-15)31-20-8-16(13-29-22(20)18(23)12-27-29)19-3-2-17(11-25-19)28-6-4-24-5-7-28/h2-3,8,11-15,24H,4-7,9-10H2,1H3,(H,26,30). The summed E-state index contributed by atoms with van der Waals surface area (Å²) in [5.41, 5.74) is 3.56. The average Bonchev–Trinajstić information content (AvgIpc) is 3.40. The van der Waals surface area contributed by atoms with Crippen LogP contribution in [0.25, 0.3) is 16.8 Å². The first kappa shape index (κ1) is 20.1. The van der Waals surface area contributed by atoms with Crippen LogP contribution in [0, 0.1) is 5.92 Å². The molecule has 0 saturated carbocycles. The largest absolute Gasteiger partial charge is 0.488 e. The van der Waals surface area contributed by atoms with Gasteiger partial charge in [-0.15, -0.1) is 0 Å². The monoisotopic (exact) mass is 440 g/mol. The summed E-state index contributed by atoms with van der Waals surface area (Å²) >= 11 is 6.39. The SMILES string of the molecule is CC(Oc1cc(-c2ccc(N3CCNCC3)cn2)cn2ncc(Cl)c12)C1CNC(=O)C1. The third-order valence-electron chi connectivity index (χ3n) is 6.04. The molecule has 2 unspecified atom stereocenters. The lowest BCUT2D eigenvalue weighted by Gasteiger charge is -2.29. The Balaban J connectivity index is 1.44. The maximum atomic E-state index is 11.6. The molecular weight excluding hydrogens is 416 g/mol. The molecule has 8 nitrogen and oxygen atoms in total. The first-order valence-electron chi connectivity index (χ1n) is 10.6. The summed E-state index contributed by atoms with van der Waals surface area (Å²) in [6.45, 7) is 6.54. The third-order valence-corrected chi connectivity index (χ3v) is 6.32. The predicted molar refractivity (Wildman–Crippen MR) is 120 cm³/mol. The predicted octanol–water partition coefficient (Wildman–Crippen LogP) is 2.36. The van der Waals surface area contributed by atoms with Crippen molar-refractivity contribution in [3.05, 3.63) is 41.8 Å². The van der Waals surface area contributed by atoms with Crippen LogP contribution in [-0.4, -0.2) is 59.3 Å². The second-order valence-corrected chi connectivity index (χ2v) is 8.52. The zero-order valence-corrected chi connectivity index (χ0v) is 18.1. The van der Waals surface area contributed by atoms with Crippen LogP contribution in [0.3, 0.4) is 0 Å². The Morgan fingerprint density at radius 2 is 2.10 bits per heavy atom. The molecule has 2 saturated heterocycles. The van der Waals surface area contributed by atoms with Crippen LogP contribution < -0.4 is 20.3 Å². The number of piperazine rings is 1. The van der Waals surface area contributed by atoms with E-state index in [-0.39, 0.29) is 17.9 Å². The van der Waals surface area contributed by atoms with E-state index in [1.807, 2.05) is 31.5 Å². The highest BCUT2D eigenvalue weighted by Crippen LogP contribution is 2.33. The molecule has 1 amide bonds. The fourth-order valence-electron chi connectivity index (χ4n) is 4.20. The van der Waals surface area contributed by atoms with E-state index in [2.05, 4.69) is 26.7 Å². The van der Waals surface area contributed by atoms with Crippen molar-refractivity contribution in [2.45, 2.75) is 19.4 Å². The first-order chi connectivity index (χ1) is 15.1. The summed E-state index contributed by atoms with van der Waals surface area (Å²) in [6, 6.07) is 6.08. The fraction of sp³-hybridized carbons (Fsp3) is 0.409. The van der Waals surface area contributed by atoms with Crippen molar-refractivity contribution in [3.8, 4) is 17.0 Å². The Labute approximate surface area is 185 Å². The van der Waals surface area contributed by atoms with E-state index in [9.17, 15) is 4.79 Å². The Hall–Kier alpha value is -2.84. The fourth-order valence-corrected chi connectivity index (χ4v) is 4.42. The van der Waals surface area contributed by atoms with Gasteiger partial charge in [0, 0.05) is 56.8 Å². The molecule has 2 N–H and O–H groups in total.